The number of phosphoric acid groups is 2. The Morgan fingerprint density at radius 3 is 0.628 bits per heavy atom. The summed E-state index contributed by atoms with van der Waals surface area (Å²) >= 11 is 0. The van der Waals surface area contributed by atoms with Gasteiger partial charge < -0.3 is 33.8 Å². The first kappa shape index (κ1) is 92.1. The van der Waals surface area contributed by atoms with Gasteiger partial charge in [-0.2, -0.15) is 0 Å². The molecule has 0 fully saturated rings. The number of rotatable bonds is 76. The van der Waals surface area contributed by atoms with Gasteiger partial charge in [0.1, 0.15) is 19.3 Å². The molecule has 0 aromatic carbocycles. The van der Waals surface area contributed by atoms with Gasteiger partial charge in [0, 0.05) is 25.7 Å². The Labute approximate surface area is 575 Å². The van der Waals surface area contributed by atoms with Crippen molar-refractivity contribution in [1.82, 2.24) is 0 Å². The van der Waals surface area contributed by atoms with E-state index in [9.17, 15) is 43.2 Å². The lowest BCUT2D eigenvalue weighted by atomic mass is 10.0. The van der Waals surface area contributed by atoms with E-state index in [4.69, 9.17) is 37.0 Å². The molecular formula is C75H146O17P2. The molecule has 0 aromatic rings. The number of aliphatic hydroxyl groups is 1. The Kier molecular flexibility index (Phi) is 68.1. The lowest BCUT2D eigenvalue weighted by Gasteiger charge is -2.21. The van der Waals surface area contributed by atoms with Crippen molar-refractivity contribution in [3.8, 4) is 0 Å². The first-order valence-electron chi connectivity index (χ1n) is 39.3. The van der Waals surface area contributed by atoms with E-state index in [0.29, 0.717) is 25.7 Å². The first-order valence-corrected chi connectivity index (χ1v) is 42.3. The van der Waals surface area contributed by atoms with Crippen molar-refractivity contribution in [3.63, 3.8) is 0 Å². The highest BCUT2D eigenvalue weighted by atomic mass is 31.2. The van der Waals surface area contributed by atoms with Crippen molar-refractivity contribution in [2.24, 2.45) is 0 Å². The van der Waals surface area contributed by atoms with Gasteiger partial charge in [0.15, 0.2) is 12.2 Å². The van der Waals surface area contributed by atoms with Gasteiger partial charge in [-0.05, 0) is 25.7 Å². The van der Waals surface area contributed by atoms with Gasteiger partial charge in [-0.3, -0.25) is 37.3 Å². The van der Waals surface area contributed by atoms with Gasteiger partial charge in [0.05, 0.1) is 26.4 Å². The molecule has 2 unspecified atom stereocenters. The zero-order valence-corrected chi connectivity index (χ0v) is 62.7. The second kappa shape index (κ2) is 69.5. The molecule has 94 heavy (non-hydrogen) atoms. The van der Waals surface area contributed by atoms with E-state index in [2.05, 4.69) is 27.7 Å². The van der Waals surface area contributed by atoms with E-state index in [1.54, 1.807) is 0 Å². The minimum Gasteiger partial charge on any atom is -0.462 e. The lowest BCUT2D eigenvalue weighted by Crippen LogP contribution is -2.30. The molecule has 0 rings (SSSR count). The fourth-order valence-electron chi connectivity index (χ4n) is 11.6. The third-order valence-corrected chi connectivity index (χ3v) is 19.5. The molecule has 0 saturated heterocycles. The number of esters is 4. The second-order valence-electron chi connectivity index (χ2n) is 27.0. The molecule has 0 aliphatic heterocycles. The van der Waals surface area contributed by atoms with E-state index in [-0.39, 0.29) is 25.7 Å². The van der Waals surface area contributed by atoms with Crippen LogP contribution in [-0.2, 0) is 65.4 Å². The number of aliphatic hydroxyl groups excluding tert-OH is 1. The van der Waals surface area contributed by atoms with E-state index < -0.39 is 97.5 Å². The molecule has 0 aliphatic rings. The summed E-state index contributed by atoms with van der Waals surface area (Å²) in [7, 11) is -9.91. The Balaban J connectivity index is 5.24. The standard InChI is InChI=1S/C75H146O17P2/c1-5-9-13-17-21-25-29-33-34-35-36-38-42-46-50-54-58-62-75(80)92-71(66-86-73(78)60-56-52-48-44-41-37-30-26-22-18-14-10-6-2)68-90-94(83,84)88-64-69(76)63-87-93(81,82)89-67-70(91-74(79)61-57-53-49-45-40-32-28-24-20-16-12-8-4)65-85-72(77)59-55-51-47-43-39-31-27-23-19-15-11-7-3/h69-71,76H,5-68H2,1-4H3,(H,81,82)(H,83,84)/t69-,70+,71+/m0/s1. The molecule has 0 bridgehead atoms. The van der Waals surface area contributed by atoms with Crippen LogP contribution in [0.25, 0.3) is 0 Å². The second-order valence-corrected chi connectivity index (χ2v) is 29.9. The largest absolute Gasteiger partial charge is 0.472 e. The number of unbranched alkanes of at least 4 members (excludes halogenated alkanes) is 50. The maximum atomic E-state index is 13.1. The minimum absolute atomic E-state index is 0.108. The molecular weight excluding hydrogens is 1230 g/mol. The zero-order valence-electron chi connectivity index (χ0n) is 60.9. The summed E-state index contributed by atoms with van der Waals surface area (Å²) in [6, 6.07) is 0. The number of carbonyl (C=O) groups is 4. The third kappa shape index (κ3) is 68.6. The molecule has 0 saturated carbocycles. The van der Waals surface area contributed by atoms with E-state index in [1.807, 2.05) is 0 Å². The highest BCUT2D eigenvalue weighted by Crippen LogP contribution is 2.45. The van der Waals surface area contributed by atoms with Crippen LogP contribution in [0.4, 0.5) is 0 Å². The molecule has 558 valence electrons. The molecule has 0 aliphatic carbocycles. The predicted octanol–water partition coefficient (Wildman–Crippen LogP) is 22.2. The topological polar surface area (TPSA) is 237 Å². The van der Waals surface area contributed by atoms with Crippen LogP contribution < -0.4 is 0 Å². The van der Waals surface area contributed by atoms with Gasteiger partial charge in [-0.1, -0.05) is 349 Å². The van der Waals surface area contributed by atoms with Crippen LogP contribution in [0, 0.1) is 0 Å². The summed E-state index contributed by atoms with van der Waals surface area (Å²) < 4.78 is 68.5. The number of carbonyl (C=O) groups excluding carboxylic acids is 4. The molecule has 0 heterocycles. The summed E-state index contributed by atoms with van der Waals surface area (Å²) in [5.41, 5.74) is 0. The number of ether oxygens (including phenoxy) is 4. The molecule has 0 radical (unpaired) electrons. The van der Waals surface area contributed by atoms with Crippen LogP contribution in [-0.4, -0.2) is 96.7 Å². The molecule has 3 N–H and O–H groups in total. The van der Waals surface area contributed by atoms with Crippen molar-refractivity contribution in [2.75, 3.05) is 39.6 Å². The van der Waals surface area contributed by atoms with Crippen molar-refractivity contribution in [3.05, 3.63) is 0 Å². The summed E-state index contributed by atoms with van der Waals surface area (Å²) in [5, 5.41) is 10.6. The fourth-order valence-corrected chi connectivity index (χ4v) is 13.2. The molecule has 0 spiro atoms. The molecule has 0 aromatic heterocycles. The van der Waals surface area contributed by atoms with Gasteiger partial charge in [-0.25, -0.2) is 9.13 Å². The van der Waals surface area contributed by atoms with E-state index >= 15 is 0 Å². The van der Waals surface area contributed by atoms with Crippen LogP contribution in [0.2, 0.25) is 0 Å². The Morgan fingerprint density at radius 2 is 0.426 bits per heavy atom. The number of hydrogen-bond donors (Lipinski definition) is 3. The van der Waals surface area contributed by atoms with Crippen LogP contribution in [0.1, 0.15) is 400 Å². The van der Waals surface area contributed by atoms with Gasteiger partial charge in [0.25, 0.3) is 0 Å². The summed E-state index contributed by atoms with van der Waals surface area (Å²) in [5.74, 6) is -2.11. The summed E-state index contributed by atoms with van der Waals surface area (Å²) in [4.78, 5) is 72.8. The Bertz CT molecular complexity index is 1790. The number of hydrogen-bond acceptors (Lipinski definition) is 15. The molecule has 17 nitrogen and oxygen atoms in total. The first-order chi connectivity index (χ1) is 45.7. The average molecular weight is 1380 g/mol. The summed E-state index contributed by atoms with van der Waals surface area (Å²) in [6.07, 6.45) is 59.4. The van der Waals surface area contributed by atoms with Crippen LogP contribution in [0.15, 0.2) is 0 Å². The molecule has 19 heteroatoms. The maximum absolute atomic E-state index is 13.1. The van der Waals surface area contributed by atoms with Gasteiger partial charge in [-0.15, -0.1) is 0 Å². The monoisotopic (exact) mass is 1380 g/mol. The van der Waals surface area contributed by atoms with Gasteiger partial charge in [0.2, 0.25) is 0 Å². The van der Waals surface area contributed by atoms with Crippen LogP contribution in [0.3, 0.4) is 0 Å². The van der Waals surface area contributed by atoms with E-state index in [1.165, 1.54) is 231 Å². The van der Waals surface area contributed by atoms with Gasteiger partial charge >= 0.3 is 39.5 Å². The maximum Gasteiger partial charge on any atom is 0.472 e. The van der Waals surface area contributed by atoms with Crippen molar-refractivity contribution in [1.29, 1.82) is 0 Å². The van der Waals surface area contributed by atoms with Crippen molar-refractivity contribution < 1.29 is 80.2 Å². The van der Waals surface area contributed by atoms with E-state index in [0.717, 1.165) is 89.9 Å². The Morgan fingerprint density at radius 1 is 0.255 bits per heavy atom. The zero-order chi connectivity index (χ0) is 69.0. The van der Waals surface area contributed by atoms with Crippen molar-refractivity contribution >= 4 is 39.5 Å². The predicted molar refractivity (Wildman–Crippen MR) is 382 cm³/mol. The Hall–Kier alpha value is -1.94. The molecule has 5 atom stereocenters. The average Bonchev–Trinajstić information content (AvgIpc) is 1.72. The number of phosphoric ester groups is 2. The lowest BCUT2D eigenvalue weighted by molar-refractivity contribution is -0.161. The quantitative estimate of drug-likeness (QED) is 0.0222. The van der Waals surface area contributed by atoms with Crippen LogP contribution >= 0.6 is 15.6 Å². The molecule has 0 amide bonds. The third-order valence-electron chi connectivity index (χ3n) is 17.6. The highest BCUT2D eigenvalue weighted by Gasteiger charge is 2.30. The smallest absolute Gasteiger partial charge is 0.462 e. The normalized spacial score (nSPS) is 13.9. The highest BCUT2D eigenvalue weighted by molar-refractivity contribution is 7.47. The SMILES string of the molecule is CCCCCCCCCCCCCCCCCCCC(=O)O[C@H](COC(=O)CCCCCCCCCCCCCCC)COP(=O)(O)OC[C@@H](O)COP(=O)(O)OC[C@@H](COC(=O)CCCCCCCCCCCCCC)OC(=O)CCCCCCCCCCCCCC. The van der Waals surface area contributed by atoms with Crippen LogP contribution in [0.5, 0.6) is 0 Å². The minimum atomic E-state index is -4.95. The summed E-state index contributed by atoms with van der Waals surface area (Å²) in [6.45, 7) is 4.99. The fraction of sp³-hybridized carbons (Fsp3) is 0.947. The van der Waals surface area contributed by atoms with Crippen molar-refractivity contribution in [2.45, 2.75) is 418 Å².